The Morgan fingerprint density at radius 2 is 1.71 bits per heavy atom. The summed E-state index contributed by atoms with van der Waals surface area (Å²) in [4.78, 5) is 44.6. The third-order valence-corrected chi connectivity index (χ3v) is 8.98. The molecule has 1 atom stereocenters. The van der Waals surface area contributed by atoms with Crippen molar-refractivity contribution in [2.75, 3.05) is 26.6 Å². The van der Waals surface area contributed by atoms with Crippen molar-refractivity contribution in [3.8, 4) is 28.6 Å². The van der Waals surface area contributed by atoms with Crippen molar-refractivity contribution in [3.05, 3.63) is 126 Å². The lowest BCUT2D eigenvalue weighted by atomic mass is 9.94. The molecule has 1 amide bonds. The van der Waals surface area contributed by atoms with Crippen molar-refractivity contribution in [1.82, 2.24) is 4.57 Å². The number of fused-ring (bicyclic) bond motifs is 1. The molecule has 3 aromatic carbocycles. The molecular weight excluding hydrogens is 658 g/mol. The van der Waals surface area contributed by atoms with Crippen LogP contribution in [0.2, 0.25) is 5.02 Å². The third kappa shape index (κ3) is 5.98. The first-order valence-corrected chi connectivity index (χ1v) is 15.6. The molecule has 0 radical (unpaired) electrons. The summed E-state index contributed by atoms with van der Waals surface area (Å²) >= 11 is 7.31. The Morgan fingerprint density at radius 1 is 1.00 bits per heavy atom. The number of anilines is 1. The normalized spacial score (nSPS) is 14.3. The highest BCUT2D eigenvalue weighted by Gasteiger charge is 2.34. The summed E-state index contributed by atoms with van der Waals surface area (Å²) in [6.45, 7) is 1.72. The fraction of sp³-hybridized carbons (Fsp3) is 0.143. The van der Waals surface area contributed by atoms with Gasteiger partial charge in [0.25, 0.3) is 11.5 Å². The second-order valence-electron chi connectivity index (χ2n) is 10.6. The standard InChI is InChI=1S/C35H28ClN3O8S/c1-18-29(32(40)38-21-8-6-5-7-9-21)30(20-15-26(44-2)31(46-4)27(16-20)45-3)39-33(41)28(48-35(39)37-18)17-22-11-13-25(47-22)19-10-12-23(34(42)43)24(36)14-19/h5-17,30H,1-4H3,(H,38,40)(H,42,43)/b28-17-/t30-/m0/s1. The first-order chi connectivity index (χ1) is 23.1. The molecule has 2 aromatic heterocycles. The van der Waals surface area contributed by atoms with Gasteiger partial charge in [0.2, 0.25) is 5.75 Å². The van der Waals surface area contributed by atoms with Gasteiger partial charge in [-0.15, -0.1) is 0 Å². The summed E-state index contributed by atoms with van der Waals surface area (Å²) in [5, 5.41) is 12.3. The highest BCUT2D eigenvalue weighted by Crippen LogP contribution is 2.42. The summed E-state index contributed by atoms with van der Waals surface area (Å²) in [6, 6.07) is 19.4. The zero-order valence-electron chi connectivity index (χ0n) is 26.1. The van der Waals surface area contributed by atoms with Gasteiger partial charge in [0.15, 0.2) is 16.3 Å². The van der Waals surface area contributed by atoms with Crippen LogP contribution in [0.4, 0.5) is 5.69 Å². The van der Waals surface area contributed by atoms with Crippen LogP contribution in [0.3, 0.4) is 0 Å². The van der Waals surface area contributed by atoms with Crippen molar-refractivity contribution >= 4 is 46.6 Å². The topological polar surface area (TPSA) is 142 Å². The van der Waals surface area contributed by atoms with Crippen molar-refractivity contribution in [1.29, 1.82) is 0 Å². The number of benzene rings is 3. The number of methoxy groups -OCH3 is 3. The number of furan rings is 1. The van der Waals surface area contributed by atoms with Crippen LogP contribution in [0.15, 0.2) is 98.3 Å². The SMILES string of the molecule is COc1cc([C@H]2C(C(=O)Nc3ccccc3)=C(C)N=c3s/c(=C\c4ccc(-c5ccc(C(=O)O)c(Cl)c5)o4)c(=O)n32)cc(OC)c1OC. The number of halogens is 1. The number of aromatic nitrogens is 1. The smallest absolute Gasteiger partial charge is 0.337 e. The Kier molecular flexibility index (Phi) is 8.94. The van der Waals surface area contributed by atoms with Gasteiger partial charge < -0.3 is 29.1 Å². The first kappa shape index (κ1) is 32.4. The molecular formula is C35H28ClN3O8S. The zero-order valence-corrected chi connectivity index (χ0v) is 27.6. The first-order valence-electron chi connectivity index (χ1n) is 14.5. The van der Waals surface area contributed by atoms with E-state index in [1.54, 1.807) is 55.5 Å². The van der Waals surface area contributed by atoms with Crippen LogP contribution < -0.4 is 34.4 Å². The van der Waals surface area contributed by atoms with Gasteiger partial charge in [-0.05, 0) is 61.0 Å². The molecule has 0 unspecified atom stereocenters. The number of ether oxygens (including phenoxy) is 3. The number of amides is 1. The van der Waals surface area contributed by atoms with Gasteiger partial charge in [0.05, 0.1) is 53.8 Å². The van der Waals surface area contributed by atoms with Crippen LogP contribution in [0, 0.1) is 0 Å². The maximum atomic E-state index is 14.2. The van der Waals surface area contributed by atoms with E-state index in [0.29, 0.717) is 60.6 Å². The molecule has 1 aliphatic rings. The van der Waals surface area contributed by atoms with E-state index in [4.69, 9.17) is 35.2 Å². The van der Waals surface area contributed by atoms with Gasteiger partial charge in [-0.25, -0.2) is 9.79 Å². The number of allylic oxidation sites excluding steroid dienone is 1. The Hall–Kier alpha value is -5.59. The number of rotatable bonds is 9. The number of carbonyl (C=O) groups is 2. The highest BCUT2D eigenvalue weighted by molar-refractivity contribution is 7.07. The molecule has 1 aliphatic heterocycles. The summed E-state index contributed by atoms with van der Waals surface area (Å²) in [6.07, 6.45) is 1.59. The molecule has 244 valence electrons. The Labute approximate surface area is 282 Å². The predicted octanol–water partition coefficient (Wildman–Crippen LogP) is 5.51. The Morgan fingerprint density at radius 3 is 2.33 bits per heavy atom. The van der Waals surface area contributed by atoms with E-state index < -0.39 is 23.5 Å². The lowest BCUT2D eigenvalue weighted by molar-refractivity contribution is -0.113. The molecule has 5 aromatic rings. The number of carbonyl (C=O) groups excluding carboxylic acids is 1. The molecule has 2 N–H and O–H groups in total. The van der Waals surface area contributed by atoms with Gasteiger partial charge in [-0.3, -0.25) is 14.2 Å². The van der Waals surface area contributed by atoms with Crippen LogP contribution in [-0.4, -0.2) is 42.9 Å². The van der Waals surface area contributed by atoms with Gasteiger partial charge in [-0.1, -0.05) is 47.2 Å². The van der Waals surface area contributed by atoms with Crippen LogP contribution in [-0.2, 0) is 4.79 Å². The van der Waals surface area contributed by atoms with Crippen LogP contribution in [0.5, 0.6) is 17.2 Å². The maximum absolute atomic E-state index is 14.2. The molecule has 0 fully saturated rings. The van der Waals surface area contributed by atoms with Gasteiger partial charge >= 0.3 is 5.97 Å². The molecule has 11 nitrogen and oxygen atoms in total. The number of carboxylic acids is 1. The monoisotopic (exact) mass is 685 g/mol. The molecule has 0 saturated heterocycles. The Balaban J connectivity index is 1.48. The van der Waals surface area contributed by atoms with Crippen LogP contribution in [0.25, 0.3) is 17.4 Å². The minimum Gasteiger partial charge on any atom is -0.493 e. The lowest BCUT2D eigenvalue weighted by Gasteiger charge is -2.26. The largest absolute Gasteiger partial charge is 0.493 e. The number of aromatic carboxylic acids is 1. The minimum absolute atomic E-state index is 0.0259. The third-order valence-electron chi connectivity index (χ3n) is 7.68. The fourth-order valence-corrected chi connectivity index (χ4v) is 6.75. The summed E-state index contributed by atoms with van der Waals surface area (Å²) in [5.41, 5.74) is 1.94. The molecule has 0 spiro atoms. The van der Waals surface area contributed by atoms with Crippen molar-refractivity contribution in [2.24, 2.45) is 4.99 Å². The number of nitrogens with one attached hydrogen (secondary N) is 1. The fourth-order valence-electron chi connectivity index (χ4n) is 5.46. The molecule has 0 aliphatic carbocycles. The number of carboxylic acid groups (broad SMARTS) is 1. The molecule has 13 heteroatoms. The van der Waals surface area contributed by atoms with Crippen molar-refractivity contribution in [2.45, 2.75) is 13.0 Å². The molecule has 48 heavy (non-hydrogen) atoms. The van der Waals surface area contributed by atoms with E-state index in [2.05, 4.69) is 5.32 Å². The average Bonchev–Trinajstić information content (AvgIpc) is 3.67. The maximum Gasteiger partial charge on any atom is 0.337 e. The number of hydrogen-bond donors (Lipinski definition) is 2. The zero-order chi connectivity index (χ0) is 34.1. The lowest BCUT2D eigenvalue weighted by Crippen LogP contribution is -2.40. The Bertz CT molecular complexity index is 2260. The second-order valence-corrected chi connectivity index (χ2v) is 12.0. The van der Waals surface area contributed by atoms with E-state index >= 15 is 0 Å². The molecule has 0 bridgehead atoms. The van der Waals surface area contributed by atoms with Gasteiger partial charge in [0.1, 0.15) is 11.5 Å². The van der Waals surface area contributed by atoms with E-state index in [1.807, 2.05) is 18.2 Å². The van der Waals surface area contributed by atoms with Gasteiger partial charge in [-0.2, -0.15) is 0 Å². The van der Waals surface area contributed by atoms with Crippen LogP contribution in [0.1, 0.15) is 34.6 Å². The summed E-state index contributed by atoms with van der Waals surface area (Å²) in [5.74, 6) is 0.299. The predicted molar refractivity (Wildman–Crippen MR) is 181 cm³/mol. The van der Waals surface area contributed by atoms with E-state index in [9.17, 15) is 19.5 Å². The van der Waals surface area contributed by atoms with Gasteiger partial charge in [0, 0.05) is 17.3 Å². The number of para-hydroxylation sites is 1. The number of thiazole rings is 1. The van der Waals surface area contributed by atoms with E-state index in [1.165, 1.54) is 38.0 Å². The molecule has 0 saturated carbocycles. The second kappa shape index (κ2) is 13.3. The van der Waals surface area contributed by atoms with Crippen molar-refractivity contribution < 1.29 is 33.3 Å². The van der Waals surface area contributed by atoms with Crippen molar-refractivity contribution in [3.63, 3.8) is 0 Å². The average molecular weight is 686 g/mol. The number of hydrogen-bond acceptors (Lipinski definition) is 9. The highest BCUT2D eigenvalue weighted by atomic mass is 35.5. The molecule has 6 rings (SSSR count). The summed E-state index contributed by atoms with van der Waals surface area (Å²) in [7, 11) is 4.47. The minimum atomic E-state index is -1.14. The van der Waals surface area contributed by atoms with E-state index in [0.717, 1.165) is 11.3 Å². The van der Waals surface area contributed by atoms with Crippen LogP contribution >= 0.6 is 22.9 Å². The molecule has 3 heterocycles. The quantitative estimate of drug-likeness (QED) is 0.207. The summed E-state index contributed by atoms with van der Waals surface area (Å²) < 4.78 is 24.5. The van der Waals surface area contributed by atoms with E-state index in [-0.39, 0.29) is 16.2 Å². The number of nitrogens with zero attached hydrogens (tertiary/aromatic N) is 2.